The number of ether oxygens (including phenoxy) is 1. The molecule has 0 bridgehead atoms. The van der Waals surface area contributed by atoms with Gasteiger partial charge < -0.3 is 15.2 Å². The molecular weight excluding hydrogens is 730 g/mol. The van der Waals surface area contributed by atoms with Gasteiger partial charge in [0, 0.05) is 50.8 Å². The van der Waals surface area contributed by atoms with E-state index in [1.54, 1.807) is 66.7 Å². The van der Waals surface area contributed by atoms with Crippen LogP contribution < -0.4 is 10.1 Å². The van der Waals surface area contributed by atoms with Gasteiger partial charge in [0.15, 0.2) is 0 Å². The number of hydrogen-bond donors (Lipinski definition) is 2. The van der Waals surface area contributed by atoms with Crippen LogP contribution in [0.1, 0.15) is 50.3 Å². The van der Waals surface area contributed by atoms with Gasteiger partial charge in [-0.05, 0) is 103 Å². The Kier molecular flexibility index (Phi) is 9.64. The first-order chi connectivity index (χ1) is 21.4. The minimum Gasteiger partial charge on any atom is -0.472 e. The number of hydrogen-bond acceptors (Lipinski definition) is 6. The summed E-state index contributed by atoms with van der Waals surface area (Å²) in [6.45, 7) is 5.03. The summed E-state index contributed by atoms with van der Waals surface area (Å²) in [5.41, 5.74) is -4.99. The molecule has 3 aromatic carbocycles. The van der Waals surface area contributed by atoms with Crippen molar-refractivity contribution in [1.29, 1.82) is 0 Å². The number of piperidine rings is 1. The Morgan fingerprint density at radius 2 is 1.43 bits per heavy atom. The van der Waals surface area contributed by atoms with Gasteiger partial charge >= 0.3 is 15.5 Å². The summed E-state index contributed by atoms with van der Waals surface area (Å²) >= 11 is 16.0. The lowest BCUT2D eigenvalue weighted by molar-refractivity contribution is -0.0494. The maximum absolute atomic E-state index is 13.2. The van der Waals surface area contributed by atoms with Crippen LogP contribution in [0, 0.1) is 0 Å². The lowest BCUT2D eigenvalue weighted by Gasteiger charge is -2.33. The second kappa shape index (κ2) is 12.8. The van der Waals surface area contributed by atoms with Crippen molar-refractivity contribution in [3.63, 3.8) is 0 Å². The molecule has 0 atom stereocenters. The molecule has 0 aliphatic carbocycles. The van der Waals surface area contributed by atoms with Gasteiger partial charge in [0.2, 0.25) is 5.88 Å². The maximum atomic E-state index is 13.2. The Morgan fingerprint density at radius 1 is 0.913 bits per heavy atom. The zero-order valence-corrected chi connectivity index (χ0v) is 28.9. The molecule has 1 aliphatic rings. The van der Waals surface area contributed by atoms with Gasteiger partial charge in [0.1, 0.15) is 11.2 Å². The first kappa shape index (κ1) is 34.7. The molecule has 46 heavy (non-hydrogen) atoms. The highest BCUT2D eigenvalue weighted by Crippen LogP contribution is 2.43. The van der Waals surface area contributed by atoms with Crippen LogP contribution in [-0.2, 0) is 15.6 Å². The van der Waals surface area contributed by atoms with E-state index in [9.17, 15) is 26.7 Å². The van der Waals surface area contributed by atoms with Gasteiger partial charge in [-0.1, -0.05) is 47.5 Å². The predicted octanol–water partition coefficient (Wildman–Crippen LogP) is 8.49. The summed E-state index contributed by atoms with van der Waals surface area (Å²) in [6.07, 6.45) is 0.268. The van der Waals surface area contributed by atoms with Crippen LogP contribution in [0.15, 0.2) is 71.2 Å². The Balaban J connectivity index is 1.62. The highest BCUT2D eigenvalue weighted by molar-refractivity contribution is 9.10. The number of fused-ring (bicyclic) bond motifs is 1. The summed E-state index contributed by atoms with van der Waals surface area (Å²) in [5, 5.41) is 17.5. The fourth-order valence-electron chi connectivity index (χ4n) is 5.44. The SMILES string of the molecule is CC(C)(C)Oc1cc(NC2CCN(S(=O)(=O)C(F)(F)F)CC2)c2cc(C(O)(c3ccc(Cl)cc3)c3ccc(Cl)cc3)cc(Br)c2n1. The highest BCUT2D eigenvalue weighted by atomic mass is 79.9. The van der Waals surface area contributed by atoms with Crippen molar-refractivity contribution in [1.82, 2.24) is 9.29 Å². The third-order valence-corrected chi connectivity index (χ3v) is 10.4. The van der Waals surface area contributed by atoms with Crippen molar-refractivity contribution in [2.24, 2.45) is 0 Å². The summed E-state index contributed by atoms with van der Waals surface area (Å²) in [4.78, 5) is 4.74. The number of aromatic nitrogens is 1. The number of anilines is 1. The molecule has 0 saturated carbocycles. The second-order valence-corrected chi connectivity index (χ2v) is 15.7. The second-order valence-electron chi connectivity index (χ2n) is 12.1. The number of sulfonamides is 1. The summed E-state index contributed by atoms with van der Waals surface area (Å²) in [7, 11) is -5.42. The van der Waals surface area contributed by atoms with Gasteiger partial charge in [-0.3, -0.25) is 0 Å². The number of nitrogens with one attached hydrogen (secondary N) is 1. The van der Waals surface area contributed by atoms with Gasteiger partial charge in [-0.25, -0.2) is 13.4 Å². The number of nitrogens with zero attached hydrogens (tertiary/aromatic N) is 2. The lowest BCUT2D eigenvalue weighted by atomic mass is 9.80. The highest BCUT2D eigenvalue weighted by Gasteiger charge is 2.50. The van der Waals surface area contributed by atoms with Gasteiger partial charge in [-0.15, -0.1) is 0 Å². The van der Waals surface area contributed by atoms with Crippen LogP contribution in [0.4, 0.5) is 18.9 Å². The minimum absolute atomic E-state index is 0.134. The van der Waals surface area contributed by atoms with E-state index in [1.807, 2.05) is 20.8 Å². The molecule has 7 nitrogen and oxygen atoms in total. The topological polar surface area (TPSA) is 91.8 Å². The zero-order valence-electron chi connectivity index (χ0n) is 25.0. The quantitative estimate of drug-likeness (QED) is 0.184. The van der Waals surface area contributed by atoms with Crippen molar-refractivity contribution in [2.75, 3.05) is 18.4 Å². The van der Waals surface area contributed by atoms with E-state index >= 15 is 0 Å². The van der Waals surface area contributed by atoms with E-state index in [1.165, 1.54) is 0 Å². The van der Waals surface area contributed by atoms with E-state index in [-0.39, 0.29) is 32.0 Å². The number of alkyl halides is 3. The Morgan fingerprint density at radius 3 is 1.91 bits per heavy atom. The largest absolute Gasteiger partial charge is 0.511 e. The average molecular weight is 761 g/mol. The van der Waals surface area contributed by atoms with E-state index in [0.29, 0.717) is 58.0 Å². The third-order valence-electron chi connectivity index (χ3n) is 7.64. The van der Waals surface area contributed by atoms with Gasteiger partial charge in [-0.2, -0.15) is 17.5 Å². The molecule has 0 unspecified atom stereocenters. The van der Waals surface area contributed by atoms with Gasteiger partial charge in [0.25, 0.3) is 0 Å². The number of pyridine rings is 1. The summed E-state index contributed by atoms with van der Waals surface area (Å²) in [6, 6.07) is 18.6. The van der Waals surface area contributed by atoms with Crippen molar-refractivity contribution in [2.45, 2.75) is 56.4 Å². The monoisotopic (exact) mass is 759 g/mol. The van der Waals surface area contributed by atoms with Crippen molar-refractivity contribution < 1.29 is 31.4 Å². The third kappa shape index (κ3) is 7.12. The maximum Gasteiger partial charge on any atom is 0.511 e. The van der Waals surface area contributed by atoms with E-state index in [0.717, 1.165) is 0 Å². The van der Waals surface area contributed by atoms with Crippen LogP contribution in [0.25, 0.3) is 10.9 Å². The Hall–Kier alpha value is -2.61. The summed E-state index contributed by atoms with van der Waals surface area (Å²) < 4.78 is 70.6. The van der Waals surface area contributed by atoms with E-state index in [2.05, 4.69) is 21.2 Å². The lowest BCUT2D eigenvalue weighted by Crippen LogP contribution is -2.47. The molecule has 5 rings (SSSR count). The molecule has 0 amide bonds. The van der Waals surface area contributed by atoms with Crippen LogP contribution in [-0.4, -0.2) is 53.1 Å². The molecule has 4 aromatic rings. The zero-order chi connectivity index (χ0) is 33.7. The van der Waals surface area contributed by atoms with Crippen molar-refractivity contribution in [3.8, 4) is 5.88 Å². The Labute approximate surface area is 283 Å². The van der Waals surface area contributed by atoms with E-state index < -0.39 is 26.7 Å². The van der Waals surface area contributed by atoms with Crippen molar-refractivity contribution >= 4 is 65.7 Å². The fraction of sp³-hybridized carbons (Fsp3) is 0.344. The Bertz CT molecular complexity index is 1800. The number of aliphatic hydroxyl groups is 1. The average Bonchev–Trinajstić information content (AvgIpc) is 2.97. The first-order valence-electron chi connectivity index (χ1n) is 14.3. The van der Waals surface area contributed by atoms with Crippen LogP contribution in [0.2, 0.25) is 10.0 Å². The molecule has 1 aromatic heterocycles. The minimum atomic E-state index is -5.42. The smallest absolute Gasteiger partial charge is 0.472 e. The first-order valence-corrected chi connectivity index (χ1v) is 17.3. The normalized spacial score (nSPS) is 15.7. The molecule has 0 spiro atoms. The predicted molar refractivity (Wildman–Crippen MR) is 178 cm³/mol. The number of benzene rings is 3. The van der Waals surface area contributed by atoms with Crippen LogP contribution >= 0.6 is 39.1 Å². The van der Waals surface area contributed by atoms with Gasteiger partial charge in [0.05, 0.1) is 5.52 Å². The van der Waals surface area contributed by atoms with E-state index in [4.69, 9.17) is 32.9 Å². The van der Waals surface area contributed by atoms with Crippen molar-refractivity contribution in [3.05, 3.63) is 97.9 Å². The van der Waals surface area contributed by atoms with Crippen LogP contribution in [0.5, 0.6) is 5.88 Å². The fourth-order valence-corrected chi connectivity index (χ4v) is 7.23. The molecule has 246 valence electrons. The number of rotatable bonds is 7. The standard InChI is InChI=1S/C32H31BrCl2F3N3O4S/c1-30(2,3)45-28-18-27(39-24-12-14-41(15-13-24)46(43,44)32(36,37)38)25-16-21(17-26(33)29(25)40-28)31(42,19-4-8-22(34)9-5-19)20-6-10-23(35)11-7-20/h4-11,16-18,24,42H,12-15H2,1-3H3,(H,39,40). The number of halogens is 6. The molecule has 1 aliphatic heterocycles. The molecule has 1 fully saturated rings. The molecular formula is C32H31BrCl2F3N3O4S. The molecule has 14 heteroatoms. The molecule has 2 N–H and O–H groups in total. The van der Waals surface area contributed by atoms with Crippen LogP contribution in [0.3, 0.4) is 0 Å². The molecule has 2 heterocycles. The molecule has 0 radical (unpaired) electrons. The molecule has 1 saturated heterocycles. The summed E-state index contributed by atoms with van der Waals surface area (Å²) in [5.74, 6) is 0.304.